The highest BCUT2D eigenvalue weighted by atomic mass is 79.9. The summed E-state index contributed by atoms with van der Waals surface area (Å²) in [6.07, 6.45) is 1.63. The Bertz CT molecular complexity index is 712. The summed E-state index contributed by atoms with van der Waals surface area (Å²) >= 11 is 3.33. The number of nitrogens with one attached hydrogen (secondary N) is 2. The van der Waals surface area contributed by atoms with Crippen LogP contribution in [0.5, 0.6) is 0 Å². The first-order valence-corrected chi connectivity index (χ1v) is 7.46. The Kier molecular flexibility index (Phi) is 5.49. The van der Waals surface area contributed by atoms with Gasteiger partial charge in [0.15, 0.2) is 0 Å². The molecular formula is C17H15BrN2O2. The Morgan fingerprint density at radius 1 is 1.00 bits per heavy atom. The van der Waals surface area contributed by atoms with Crippen molar-refractivity contribution >= 4 is 33.8 Å². The quantitative estimate of drug-likeness (QED) is 0.825. The second-order valence-electron chi connectivity index (χ2n) is 4.48. The zero-order valence-electron chi connectivity index (χ0n) is 12.0. The summed E-state index contributed by atoms with van der Waals surface area (Å²) in [5.41, 5.74) is 1.48. The minimum Gasteiger partial charge on any atom is -0.354 e. The summed E-state index contributed by atoms with van der Waals surface area (Å²) in [6.45, 7) is 0. The molecule has 2 rings (SSSR count). The van der Waals surface area contributed by atoms with E-state index < -0.39 is 0 Å². The van der Waals surface area contributed by atoms with Gasteiger partial charge in [0, 0.05) is 11.5 Å². The van der Waals surface area contributed by atoms with Gasteiger partial charge in [-0.3, -0.25) is 9.59 Å². The molecule has 0 heterocycles. The first-order valence-electron chi connectivity index (χ1n) is 6.66. The molecule has 0 spiro atoms. The van der Waals surface area contributed by atoms with E-state index in [-0.39, 0.29) is 17.5 Å². The van der Waals surface area contributed by atoms with Crippen molar-refractivity contribution in [1.82, 2.24) is 10.6 Å². The summed E-state index contributed by atoms with van der Waals surface area (Å²) in [4.78, 5) is 24.3. The maximum absolute atomic E-state index is 12.3. The van der Waals surface area contributed by atoms with Crippen LogP contribution in [-0.4, -0.2) is 18.9 Å². The van der Waals surface area contributed by atoms with Crippen molar-refractivity contribution in [2.45, 2.75) is 0 Å². The minimum absolute atomic E-state index is 0.189. The average molecular weight is 359 g/mol. The second-order valence-corrected chi connectivity index (χ2v) is 5.34. The van der Waals surface area contributed by atoms with Crippen LogP contribution in [-0.2, 0) is 4.79 Å². The summed E-state index contributed by atoms with van der Waals surface area (Å²) in [6, 6.07) is 16.4. The highest BCUT2D eigenvalue weighted by Crippen LogP contribution is 2.16. The molecule has 0 radical (unpaired) electrons. The molecule has 2 aromatic carbocycles. The van der Waals surface area contributed by atoms with Crippen LogP contribution in [0.1, 0.15) is 15.9 Å². The van der Waals surface area contributed by atoms with E-state index in [1.54, 1.807) is 24.3 Å². The molecular weight excluding hydrogens is 344 g/mol. The molecule has 22 heavy (non-hydrogen) atoms. The highest BCUT2D eigenvalue weighted by Gasteiger charge is 2.15. The fourth-order valence-corrected chi connectivity index (χ4v) is 2.31. The van der Waals surface area contributed by atoms with Gasteiger partial charge in [0.1, 0.15) is 5.70 Å². The molecule has 2 aromatic rings. The molecule has 2 amide bonds. The average Bonchev–Trinajstić information content (AvgIpc) is 2.54. The van der Waals surface area contributed by atoms with E-state index in [1.807, 2.05) is 36.4 Å². The normalized spacial score (nSPS) is 10.9. The van der Waals surface area contributed by atoms with E-state index in [9.17, 15) is 9.59 Å². The lowest BCUT2D eigenvalue weighted by Gasteiger charge is -2.10. The maximum atomic E-state index is 12.3. The van der Waals surface area contributed by atoms with Crippen molar-refractivity contribution in [3.05, 3.63) is 75.9 Å². The van der Waals surface area contributed by atoms with Gasteiger partial charge in [-0.05, 0) is 39.7 Å². The molecule has 0 aromatic heterocycles. The largest absolute Gasteiger partial charge is 0.354 e. The first kappa shape index (κ1) is 16.0. The SMILES string of the molecule is CNC(=O)/C(=C/c1ccccc1)NC(=O)c1ccccc1Br. The molecule has 0 aliphatic heterocycles. The van der Waals surface area contributed by atoms with Gasteiger partial charge in [0.05, 0.1) is 5.56 Å². The number of rotatable bonds is 4. The van der Waals surface area contributed by atoms with E-state index >= 15 is 0 Å². The zero-order valence-corrected chi connectivity index (χ0v) is 13.6. The molecule has 0 fully saturated rings. The molecule has 0 aliphatic carbocycles. The lowest BCUT2D eigenvalue weighted by atomic mass is 10.1. The van der Waals surface area contributed by atoms with E-state index in [0.717, 1.165) is 5.56 Å². The molecule has 0 bridgehead atoms. The van der Waals surface area contributed by atoms with Gasteiger partial charge in [0.25, 0.3) is 11.8 Å². The van der Waals surface area contributed by atoms with E-state index in [1.165, 1.54) is 7.05 Å². The third-order valence-electron chi connectivity index (χ3n) is 2.95. The van der Waals surface area contributed by atoms with Crippen LogP contribution in [0.2, 0.25) is 0 Å². The molecule has 4 nitrogen and oxygen atoms in total. The van der Waals surface area contributed by atoms with Gasteiger partial charge in [-0.25, -0.2) is 0 Å². The van der Waals surface area contributed by atoms with Crippen molar-refractivity contribution in [3.8, 4) is 0 Å². The third kappa shape index (κ3) is 4.05. The van der Waals surface area contributed by atoms with Crippen LogP contribution in [0.15, 0.2) is 64.8 Å². The number of hydrogen-bond acceptors (Lipinski definition) is 2. The number of halogens is 1. The molecule has 0 unspecified atom stereocenters. The van der Waals surface area contributed by atoms with E-state index in [2.05, 4.69) is 26.6 Å². The monoisotopic (exact) mass is 358 g/mol. The lowest BCUT2D eigenvalue weighted by molar-refractivity contribution is -0.117. The molecule has 0 saturated heterocycles. The van der Waals surface area contributed by atoms with Crippen LogP contribution >= 0.6 is 15.9 Å². The predicted octanol–water partition coefficient (Wildman–Crippen LogP) is 2.97. The Morgan fingerprint density at radius 2 is 1.64 bits per heavy atom. The molecule has 0 aliphatic rings. The van der Waals surface area contributed by atoms with E-state index in [0.29, 0.717) is 10.0 Å². The minimum atomic E-state index is -0.357. The van der Waals surface area contributed by atoms with Crippen LogP contribution in [0, 0.1) is 0 Å². The molecule has 0 atom stereocenters. The lowest BCUT2D eigenvalue weighted by Crippen LogP contribution is -2.33. The number of benzene rings is 2. The topological polar surface area (TPSA) is 58.2 Å². The van der Waals surface area contributed by atoms with Gasteiger partial charge < -0.3 is 10.6 Å². The Labute approximate surface area is 137 Å². The molecule has 5 heteroatoms. The Balaban J connectivity index is 2.28. The number of amides is 2. The summed E-state index contributed by atoms with van der Waals surface area (Å²) in [5.74, 6) is -0.706. The zero-order chi connectivity index (χ0) is 15.9. The Morgan fingerprint density at radius 3 is 2.27 bits per heavy atom. The number of carbonyl (C=O) groups excluding carboxylic acids is 2. The van der Waals surface area contributed by atoms with Gasteiger partial charge in [0.2, 0.25) is 0 Å². The van der Waals surface area contributed by atoms with Crippen molar-refractivity contribution < 1.29 is 9.59 Å². The van der Waals surface area contributed by atoms with Gasteiger partial charge >= 0.3 is 0 Å². The van der Waals surface area contributed by atoms with Crippen LogP contribution in [0.3, 0.4) is 0 Å². The van der Waals surface area contributed by atoms with Crippen molar-refractivity contribution in [2.75, 3.05) is 7.05 Å². The smallest absolute Gasteiger partial charge is 0.267 e. The number of likely N-dealkylation sites (N-methyl/N-ethyl adjacent to an activating group) is 1. The van der Waals surface area contributed by atoms with E-state index in [4.69, 9.17) is 0 Å². The number of carbonyl (C=O) groups is 2. The third-order valence-corrected chi connectivity index (χ3v) is 3.64. The summed E-state index contributed by atoms with van der Waals surface area (Å²) in [7, 11) is 1.52. The van der Waals surface area contributed by atoms with Crippen molar-refractivity contribution in [1.29, 1.82) is 0 Å². The maximum Gasteiger partial charge on any atom is 0.267 e. The van der Waals surface area contributed by atoms with Crippen LogP contribution in [0.25, 0.3) is 6.08 Å². The summed E-state index contributed by atoms with van der Waals surface area (Å²) in [5, 5.41) is 5.18. The van der Waals surface area contributed by atoms with Crippen LogP contribution < -0.4 is 10.6 Å². The fraction of sp³-hybridized carbons (Fsp3) is 0.0588. The summed E-state index contributed by atoms with van der Waals surface area (Å²) < 4.78 is 0.670. The van der Waals surface area contributed by atoms with Gasteiger partial charge in [-0.15, -0.1) is 0 Å². The standard InChI is InChI=1S/C17H15BrN2O2/c1-19-17(22)15(11-12-7-3-2-4-8-12)20-16(21)13-9-5-6-10-14(13)18/h2-11H,1H3,(H,19,22)(H,20,21)/b15-11-. The second kappa shape index (κ2) is 7.56. The fourth-order valence-electron chi connectivity index (χ4n) is 1.84. The van der Waals surface area contributed by atoms with Gasteiger partial charge in [-0.2, -0.15) is 0 Å². The molecule has 0 saturated carbocycles. The van der Waals surface area contributed by atoms with Crippen molar-refractivity contribution in [2.24, 2.45) is 0 Å². The predicted molar refractivity (Wildman–Crippen MR) is 90.1 cm³/mol. The van der Waals surface area contributed by atoms with Crippen LogP contribution in [0.4, 0.5) is 0 Å². The molecule has 112 valence electrons. The highest BCUT2D eigenvalue weighted by molar-refractivity contribution is 9.10. The number of hydrogen-bond donors (Lipinski definition) is 2. The first-order chi connectivity index (χ1) is 10.6. The molecule has 2 N–H and O–H groups in total. The Hall–Kier alpha value is -2.40. The van der Waals surface area contributed by atoms with Gasteiger partial charge in [-0.1, -0.05) is 42.5 Å². The van der Waals surface area contributed by atoms with Crippen molar-refractivity contribution in [3.63, 3.8) is 0 Å².